The number of benzene rings is 1. The molecular weight excluding hydrogens is 362 g/mol. The first-order valence-corrected chi connectivity index (χ1v) is 9.67. The molecule has 1 radical (unpaired) electrons. The zero-order valence-electron chi connectivity index (χ0n) is 12.8. The second-order valence-electron chi connectivity index (χ2n) is 5.92. The molecule has 0 unspecified atom stereocenters. The fourth-order valence-corrected chi connectivity index (χ4v) is 3.92. The predicted molar refractivity (Wildman–Crippen MR) is 95.2 cm³/mol. The van der Waals surface area contributed by atoms with Gasteiger partial charge in [0.15, 0.2) is 0 Å². The Hall–Kier alpha value is -0.910. The maximum Gasteiger partial charge on any atom is 0.238 e. The third-order valence-electron chi connectivity index (χ3n) is 3.67. The highest BCUT2D eigenvalue weighted by molar-refractivity contribution is 9.10. The van der Waals surface area contributed by atoms with Gasteiger partial charge in [0.1, 0.15) is 0 Å². The maximum absolute atomic E-state index is 12.1. The normalized spacial score (nSPS) is 16.1. The lowest BCUT2D eigenvalue weighted by molar-refractivity contribution is 0.583. The van der Waals surface area contributed by atoms with Gasteiger partial charge in [0.05, 0.1) is 4.91 Å². The van der Waals surface area contributed by atoms with Crippen molar-refractivity contribution in [1.82, 2.24) is 0 Å². The van der Waals surface area contributed by atoms with E-state index in [2.05, 4.69) is 29.8 Å². The summed E-state index contributed by atoms with van der Waals surface area (Å²) in [5, 5.41) is 5.51. The molecule has 0 spiro atoms. The number of hydrogen-bond donors (Lipinski definition) is 1. The van der Waals surface area contributed by atoms with Crippen molar-refractivity contribution >= 4 is 31.5 Å². The van der Waals surface area contributed by atoms with Crippen LogP contribution in [0.2, 0.25) is 0 Å². The molecule has 0 saturated heterocycles. The van der Waals surface area contributed by atoms with E-state index in [0.717, 1.165) is 34.0 Å². The molecule has 1 aromatic carbocycles. The molecule has 1 aromatic rings. The fraction of sp³-hybridized carbons (Fsp3) is 0.353. The van der Waals surface area contributed by atoms with Crippen LogP contribution in [0.1, 0.15) is 38.7 Å². The van der Waals surface area contributed by atoms with E-state index in [9.17, 15) is 8.42 Å². The summed E-state index contributed by atoms with van der Waals surface area (Å²) in [7, 11) is -3.75. The summed E-state index contributed by atoms with van der Waals surface area (Å²) in [5.41, 5.74) is 2.51. The standard InChI is InChI=1S/C17H21BrNO2S/c1-12(2)6-7-14-4-3-5-16(17(14)22(19,20)21)13-8-10-15(18)11-9-13/h3-4,8-12H,5-7H2,1-2H3,(H2,19,20,21). The van der Waals surface area contributed by atoms with Gasteiger partial charge < -0.3 is 0 Å². The van der Waals surface area contributed by atoms with Gasteiger partial charge >= 0.3 is 0 Å². The van der Waals surface area contributed by atoms with E-state index < -0.39 is 10.0 Å². The predicted octanol–water partition coefficient (Wildman–Crippen LogP) is 4.42. The zero-order chi connectivity index (χ0) is 16.3. The lowest BCUT2D eigenvalue weighted by atomic mass is 9.90. The van der Waals surface area contributed by atoms with Crippen LogP contribution < -0.4 is 5.14 Å². The highest BCUT2D eigenvalue weighted by Crippen LogP contribution is 2.37. The molecule has 0 heterocycles. The van der Waals surface area contributed by atoms with Gasteiger partial charge in [-0.15, -0.1) is 0 Å². The van der Waals surface area contributed by atoms with Crippen LogP contribution in [0.15, 0.2) is 45.3 Å². The van der Waals surface area contributed by atoms with Crippen LogP contribution in [0.3, 0.4) is 0 Å². The third kappa shape index (κ3) is 4.31. The summed E-state index contributed by atoms with van der Waals surface area (Å²) >= 11 is 3.40. The van der Waals surface area contributed by atoms with Crippen molar-refractivity contribution in [1.29, 1.82) is 0 Å². The molecule has 0 saturated carbocycles. The average Bonchev–Trinajstić information content (AvgIpc) is 2.44. The molecule has 22 heavy (non-hydrogen) atoms. The quantitative estimate of drug-likeness (QED) is 0.818. The van der Waals surface area contributed by atoms with E-state index in [1.807, 2.05) is 36.8 Å². The van der Waals surface area contributed by atoms with Crippen molar-refractivity contribution in [3.8, 4) is 0 Å². The third-order valence-corrected chi connectivity index (χ3v) is 5.28. The second kappa shape index (κ2) is 7.11. The minimum atomic E-state index is -3.75. The maximum atomic E-state index is 12.1. The Kier molecular flexibility index (Phi) is 5.64. The molecule has 2 N–H and O–H groups in total. The van der Waals surface area contributed by atoms with E-state index in [1.54, 1.807) is 0 Å². The molecule has 1 aliphatic rings. The number of nitrogens with two attached hydrogens (primary N) is 1. The van der Waals surface area contributed by atoms with Crippen molar-refractivity contribution in [2.24, 2.45) is 11.1 Å². The van der Waals surface area contributed by atoms with Crippen LogP contribution in [0.4, 0.5) is 0 Å². The number of sulfonamides is 1. The van der Waals surface area contributed by atoms with Gasteiger partial charge in [-0.25, -0.2) is 13.6 Å². The number of allylic oxidation sites excluding steroid dienone is 3. The Morgan fingerprint density at radius 3 is 2.41 bits per heavy atom. The van der Waals surface area contributed by atoms with E-state index >= 15 is 0 Å². The average molecular weight is 383 g/mol. The lowest BCUT2D eigenvalue weighted by Crippen LogP contribution is -2.20. The number of rotatable bonds is 5. The van der Waals surface area contributed by atoms with Crippen LogP contribution in [0.5, 0.6) is 0 Å². The molecule has 0 aliphatic heterocycles. The molecule has 3 nitrogen and oxygen atoms in total. The summed E-state index contributed by atoms with van der Waals surface area (Å²) in [6, 6.07) is 7.66. The summed E-state index contributed by atoms with van der Waals surface area (Å²) in [5.74, 6) is 0.515. The topological polar surface area (TPSA) is 60.2 Å². The molecule has 5 heteroatoms. The smallest absolute Gasteiger partial charge is 0.225 e. The van der Waals surface area contributed by atoms with Crippen LogP contribution >= 0.6 is 15.9 Å². The zero-order valence-corrected chi connectivity index (χ0v) is 15.2. The Morgan fingerprint density at radius 2 is 1.86 bits per heavy atom. The Balaban J connectivity index is 2.49. The summed E-state index contributed by atoms with van der Waals surface area (Å²) < 4.78 is 25.3. The number of primary sulfonamides is 1. The van der Waals surface area contributed by atoms with Gasteiger partial charge in [-0.1, -0.05) is 48.0 Å². The Bertz CT molecular complexity index is 701. The molecule has 0 bridgehead atoms. The van der Waals surface area contributed by atoms with Gasteiger partial charge in [0.2, 0.25) is 10.0 Å². The van der Waals surface area contributed by atoms with Crippen LogP contribution in [0, 0.1) is 12.3 Å². The Morgan fingerprint density at radius 1 is 1.23 bits per heavy atom. The van der Waals surface area contributed by atoms with Crippen LogP contribution in [-0.4, -0.2) is 8.42 Å². The van der Waals surface area contributed by atoms with E-state index in [4.69, 9.17) is 5.14 Å². The number of hydrogen-bond acceptors (Lipinski definition) is 2. The summed E-state index contributed by atoms with van der Waals surface area (Å²) in [4.78, 5) is 0.304. The van der Waals surface area contributed by atoms with Gasteiger partial charge in [-0.3, -0.25) is 0 Å². The molecule has 2 rings (SSSR count). The van der Waals surface area contributed by atoms with Crippen LogP contribution in [-0.2, 0) is 10.0 Å². The molecule has 119 valence electrons. The first kappa shape index (κ1) is 17.4. The van der Waals surface area contributed by atoms with Crippen LogP contribution in [0.25, 0.3) is 5.57 Å². The minimum absolute atomic E-state index is 0.304. The van der Waals surface area contributed by atoms with Gasteiger partial charge in [0.25, 0.3) is 0 Å². The van der Waals surface area contributed by atoms with Crippen molar-refractivity contribution in [3.05, 3.63) is 57.3 Å². The number of halogens is 1. The molecule has 0 atom stereocenters. The Labute approximate surface area is 141 Å². The van der Waals surface area contributed by atoms with Crippen molar-refractivity contribution in [2.45, 2.75) is 33.1 Å². The minimum Gasteiger partial charge on any atom is -0.225 e. The first-order valence-electron chi connectivity index (χ1n) is 7.33. The van der Waals surface area contributed by atoms with Gasteiger partial charge in [-0.05, 0) is 60.4 Å². The van der Waals surface area contributed by atoms with Crippen molar-refractivity contribution < 1.29 is 8.42 Å². The monoisotopic (exact) mass is 382 g/mol. The fourth-order valence-electron chi connectivity index (χ4n) is 2.58. The molecule has 0 amide bonds. The van der Waals surface area contributed by atoms with E-state index in [1.165, 1.54) is 0 Å². The van der Waals surface area contributed by atoms with Crippen molar-refractivity contribution in [2.75, 3.05) is 0 Å². The van der Waals surface area contributed by atoms with Crippen molar-refractivity contribution in [3.63, 3.8) is 0 Å². The highest BCUT2D eigenvalue weighted by atomic mass is 79.9. The molecular formula is C17H21BrNO2S. The first-order chi connectivity index (χ1) is 10.3. The largest absolute Gasteiger partial charge is 0.238 e. The summed E-state index contributed by atoms with van der Waals surface area (Å²) in [6.07, 6.45) is 6.16. The van der Waals surface area contributed by atoms with Gasteiger partial charge in [-0.2, -0.15) is 0 Å². The van der Waals surface area contributed by atoms with E-state index in [-0.39, 0.29) is 0 Å². The highest BCUT2D eigenvalue weighted by Gasteiger charge is 2.25. The van der Waals surface area contributed by atoms with E-state index in [0.29, 0.717) is 17.2 Å². The SMILES string of the molecule is CC(C)CCC1=C[CH]CC(c2ccc(Br)cc2)=C1S(N)(=O)=O. The summed E-state index contributed by atoms with van der Waals surface area (Å²) in [6.45, 7) is 4.26. The molecule has 0 aromatic heterocycles. The van der Waals surface area contributed by atoms with Gasteiger partial charge in [0, 0.05) is 4.47 Å². The molecule has 0 fully saturated rings. The second-order valence-corrected chi connectivity index (χ2v) is 8.34. The lowest BCUT2D eigenvalue weighted by Gasteiger charge is -2.21. The molecule has 1 aliphatic carbocycles.